The molecule has 7 heteroatoms. The van der Waals surface area contributed by atoms with E-state index in [0.717, 1.165) is 37.8 Å². The molecule has 22 heavy (non-hydrogen) atoms. The summed E-state index contributed by atoms with van der Waals surface area (Å²) in [5, 5.41) is 0.212. The Morgan fingerprint density at radius 2 is 1.73 bits per heavy atom. The lowest BCUT2D eigenvalue weighted by molar-refractivity contribution is 0.608. The number of halogens is 3. The molecule has 112 valence electrons. The zero-order valence-corrected chi connectivity index (χ0v) is 14.0. The third kappa shape index (κ3) is 2.99. The van der Waals surface area contributed by atoms with Gasteiger partial charge in [0.05, 0.1) is 5.39 Å². The van der Waals surface area contributed by atoms with Gasteiger partial charge in [0.25, 0.3) is 0 Å². The summed E-state index contributed by atoms with van der Waals surface area (Å²) in [4.78, 5) is 13.7. The van der Waals surface area contributed by atoms with Crippen LogP contribution in [0.3, 0.4) is 0 Å². The Morgan fingerprint density at radius 3 is 2.45 bits per heavy atom. The summed E-state index contributed by atoms with van der Waals surface area (Å²) in [6.45, 7) is 0. The first-order valence-electron chi connectivity index (χ1n) is 6.07. The molecule has 0 bridgehead atoms. The van der Waals surface area contributed by atoms with Crippen LogP contribution in [0.2, 0.25) is 0 Å². The Hall–Kier alpha value is -1.14. The SMILES string of the molecule is O=c1cc(-c2ccc(SCl)c(SCl)c2)oc2ccc(F)cc12. The van der Waals surface area contributed by atoms with E-state index >= 15 is 0 Å². The summed E-state index contributed by atoms with van der Waals surface area (Å²) in [5.74, 6) is -0.0842. The highest BCUT2D eigenvalue weighted by Gasteiger charge is 2.11. The molecule has 0 spiro atoms. The van der Waals surface area contributed by atoms with E-state index in [1.54, 1.807) is 18.2 Å². The minimum atomic E-state index is -0.475. The van der Waals surface area contributed by atoms with Crippen LogP contribution in [0.5, 0.6) is 0 Å². The zero-order chi connectivity index (χ0) is 15.7. The second-order valence-electron chi connectivity index (χ2n) is 4.43. The molecule has 0 aliphatic carbocycles. The second-order valence-corrected chi connectivity index (χ2v) is 6.55. The molecule has 0 atom stereocenters. The van der Waals surface area contributed by atoms with E-state index in [2.05, 4.69) is 0 Å². The van der Waals surface area contributed by atoms with Crippen LogP contribution in [0.1, 0.15) is 0 Å². The molecule has 0 saturated heterocycles. The molecule has 0 fully saturated rings. The molecule has 1 heterocycles. The molecule has 0 unspecified atom stereocenters. The maximum atomic E-state index is 13.2. The predicted octanol–water partition coefficient (Wildman–Crippen LogP) is 6.09. The van der Waals surface area contributed by atoms with Crippen LogP contribution >= 0.6 is 43.3 Å². The summed E-state index contributed by atoms with van der Waals surface area (Å²) >= 11 is 0. The van der Waals surface area contributed by atoms with Gasteiger partial charge in [-0.25, -0.2) is 4.39 Å². The van der Waals surface area contributed by atoms with Crippen LogP contribution < -0.4 is 5.43 Å². The summed E-state index contributed by atoms with van der Waals surface area (Å²) in [7, 11) is 13.7. The van der Waals surface area contributed by atoms with Crippen LogP contribution in [0.25, 0.3) is 22.3 Å². The minimum Gasteiger partial charge on any atom is -0.456 e. The number of fused-ring (bicyclic) bond motifs is 1. The molecule has 0 saturated carbocycles. The maximum Gasteiger partial charge on any atom is 0.193 e. The fourth-order valence-corrected chi connectivity index (χ4v) is 3.94. The van der Waals surface area contributed by atoms with Gasteiger partial charge in [0.15, 0.2) is 5.43 Å². The summed E-state index contributed by atoms with van der Waals surface area (Å²) < 4.78 is 18.9. The van der Waals surface area contributed by atoms with E-state index in [-0.39, 0.29) is 10.8 Å². The van der Waals surface area contributed by atoms with Crippen LogP contribution in [-0.4, -0.2) is 0 Å². The van der Waals surface area contributed by atoms with Crippen molar-refractivity contribution in [2.24, 2.45) is 0 Å². The first kappa shape index (κ1) is 15.7. The fourth-order valence-electron chi connectivity index (χ4n) is 2.06. The van der Waals surface area contributed by atoms with Gasteiger partial charge in [-0.2, -0.15) is 0 Å². The molecular weight excluding hydrogens is 366 g/mol. The number of rotatable bonds is 3. The zero-order valence-electron chi connectivity index (χ0n) is 10.8. The van der Waals surface area contributed by atoms with Gasteiger partial charge in [-0.15, -0.1) is 0 Å². The van der Waals surface area contributed by atoms with Crippen LogP contribution in [-0.2, 0) is 0 Å². The molecule has 2 aromatic carbocycles. The third-order valence-electron chi connectivity index (χ3n) is 3.08. The average molecular weight is 373 g/mol. The molecular formula is C15H7Cl2FO2S2. The van der Waals surface area contributed by atoms with Crippen molar-refractivity contribution in [1.29, 1.82) is 0 Å². The number of hydrogen-bond acceptors (Lipinski definition) is 4. The van der Waals surface area contributed by atoms with E-state index in [9.17, 15) is 9.18 Å². The minimum absolute atomic E-state index is 0.212. The first-order valence-corrected chi connectivity index (χ1v) is 9.36. The third-order valence-corrected chi connectivity index (χ3v) is 5.24. The van der Waals surface area contributed by atoms with E-state index in [4.69, 9.17) is 25.8 Å². The van der Waals surface area contributed by atoms with Crippen molar-refractivity contribution < 1.29 is 8.81 Å². The van der Waals surface area contributed by atoms with E-state index < -0.39 is 5.82 Å². The van der Waals surface area contributed by atoms with Crippen molar-refractivity contribution in [3.05, 3.63) is 58.5 Å². The molecule has 1 aromatic heterocycles. The summed E-state index contributed by atoms with van der Waals surface area (Å²) in [5.41, 5.74) is 0.729. The average Bonchev–Trinajstić information content (AvgIpc) is 2.54. The Labute approximate surface area is 142 Å². The lowest BCUT2D eigenvalue weighted by atomic mass is 10.1. The first-order chi connectivity index (χ1) is 10.6. The van der Waals surface area contributed by atoms with E-state index in [1.165, 1.54) is 18.2 Å². The van der Waals surface area contributed by atoms with Crippen molar-refractivity contribution in [3.8, 4) is 11.3 Å². The van der Waals surface area contributed by atoms with Gasteiger partial charge in [0.1, 0.15) is 17.2 Å². The van der Waals surface area contributed by atoms with Crippen LogP contribution in [0.15, 0.2) is 61.5 Å². The van der Waals surface area contributed by atoms with Gasteiger partial charge < -0.3 is 4.42 Å². The lowest BCUT2D eigenvalue weighted by Gasteiger charge is -2.07. The van der Waals surface area contributed by atoms with Crippen molar-refractivity contribution in [3.63, 3.8) is 0 Å². The molecule has 3 rings (SSSR count). The second kappa shape index (κ2) is 6.54. The Balaban J connectivity index is 2.18. The Morgan fingerprint density at radius 1 is 0.955 bits per heavy atom. The fraction of sp³-hybridized carbons (Fsp3) is 0. The van der Waals surface area contributed by atoms with Crippen LogP contribution in [0, 0.1) is 5.82 Å². The number of hydrogen-bond donors (Lipinski definition) is 0. The molecule has 0 amide bonds. The molecule has 0 radical (unpaired) electrons. The van der Waals surface area contributed by atoms with E-state index in [1.807, 2.05) is 0 Å². The number of benzene rings is 2. The van der Waals surface area contributed by atoms with Gasteiger partial charge >= 0.3 is 0 Å². The van der Waals surface area contributed by atoms with Gasteiger partial charge in [-0.05, 0) is 73.6 Å². The monoisotopic (exact) mass is 372 g/mol. The summed E-state index contributed by atoms with van der Waals surface area (Å²) in [6, 6.07) is 10.6. The molecule has 2 nitrogen and oxygen atoms in total. The highest BCUT2D eigenvalue weighted by atomic mass is 35.7. The van der Waals surface area contributed by atoms with Crippen molar-refractivity contribution >= 4 is 54.3 Å². The van der Waals surface area contributed by atoms with Gasteiger partial charge in [-0.1, -0.05) is 6.07 Å². The molecule has 0 aliphatic rings. The largest absolute Gasteiger partial charge is 0.456 e. The molecule has 0 N–H and O–H groups in total. The standard InChI is InChI=1S/C15H7Cl2FO2S2/c16-21-14-4-1-8(5-15(14)22-17)13-7-11(19)10-6-9(18)2-3-12(10)20-13/h1-7H. The van der Waals surface area contributed by atoms with Crippen LogP contribution in [0.4, 0.5) is 4.39 Å². The predicted molar refractivity (Wildman–Crippen MR) is 91.3 cm³/mol. The van der Waals surface area contributed by atoms with Crippen molar-refractivity contribution in [2.45, 2.75) is 9.79 Å². The topological polar surface area (TPSA) is 30.2 Å². The van der Waals surface area contributed by atoms with Crippen molar-refractivity contribution in [1.82, 2.24) is 0 Å². The van der Waals surface area contributed by atoms with Gasteiger partial charge in [-0.3, -0.25) is 4.79 Å². The highest BCUT2D eigenvalue weighted by molar-refractivity contribution is 8.23. The lowest BCUT2D eigenvalue weighted by Crippen LogP contribution is -2.00. The quantitative estimate of drug-likeness (QED) is 0.556. The molecule has 0 aliphatic heterocycles. The normalized spacial score (nSPS) is 11.0. The highest BCUT2D eigenvalue weighted by Crippen LogP contribution is 2.37. The van der Waals surface area contributed by atoms with Gasteiger partial charge in [0, 0.05) is 21.4 Å². The Kier molecular flexibility index (Phi) is 4.68. The van der Waals surface area contributed by atoms with Crippen molar-refractivity contribution in [2.75, 3.05) is 0 Å². The van der Waals surface area contributed by atoms with Gasteiger partial charge in [0.2, 0.25) is 0 Å². The van der Waals surface area contributed by atoms with E-state index in [0.29, 0.717) is 16.9 Å². The molecule has 3 aromatic rings. The Bertz CT molecular complexity index is 912. The maximum absolute atomic E-state index is 13.2. The summed E-state index contributed by atoms with van der Waals surface area (Å²) in [6.07, 6.45) is 0. The smallest absolute Gasteiger partial charge is 0.193 e.